The van der Waals surface area contributed by atoms with Crippen molar-refractivity contribution in [3.05, 3.63) is 0 Å². The molecule has 2 N–H and O–H groups in total. The predicted octanol–water partition coefficient (Wildman–Crippen LogP) is 1.06. The van der Waals surface area contributed by atoms with Crippen molar-refractivity contribution < 1.29 is 9.59 Å². The van der Waals surface area contributed by atoms with Crippen molar-refractivity contribution >= 4 is 11.8 Å². The summed E-state index contributed by atoms with van der Waals surface area (Å²) < 4.78 is 0. The molecule has 2 amide bonds. The summed E-state index contributed by atoms with van der Waals surface area (Å²) in [5, 5.41) is 5.73. The Morgan fingerprint density at radius 2 is 1.75 bits per heavy atom. The molecular formula is C12H22N2O2. The number of rotatable bonds is 4. The van der Waals surface area contributed by atoms with E-state index in [1.165, 1.54) is 0 Å². The summed E-state index contributed by atoms with van der Waals surface area (Å²) in [7, 11) is 0. The van der Waals surface area contributed by atoms with Crippen molar-refractivity contribution in [1.82, 2.24) is 10.6 Å². The third kappa shape index (κ3) is 3.83. The Balaban J connectivity index is 2.33. The Morgan fingerprint density at radius 1 is 1.19 bits per heavy atom. The molecule has 0 spiro atoms. The molecule has 0 aromatic rings. The smallest absolute Gasteiger partial charge is 0.224 e. The fourth-order valence-corrected chi connectivity index (χ4v) is 1.62. The maximum atomic E-state index is 11.7. The van der Waals surface area contributed by atoms with Crippen molar-refractivity contribution in [2.24, 2.45) is 11.8 Å². The molecule has 2 unspecified atom stereocenters. The first-order valence-electron chi connectivity index (χ1n) is 5.95. The van der Waals surface area contributed by atoms with Gasteiger partial charge in [0.2, 0.25) is 11.8 Å². The van der Waals surface area contributed by atoms with Crippen LogP contribution >= 0.6 is 0 Å². The lowest BCUT2D eigenvalue weighted by molar-refractivity contribution is -0.128. The second kappa shape index (κ2) is 4.85. The van der Waals surface area contributed by atoms with Crippen LogP contribution in [0.4, 0.5) is 0 Å². The Bertz CT molecular complexity index is 281. The van der Waals surface area contributed by atoms with Crippen LogP contribution in [0.5, 0.6) is 0 Å². The van der Waals surface area contributed by atoms with Crippen molar-refractivity contribution in [3.8, 4) is 0 Å². The lowest BCUT2D eigenvalue weighted by Crippen LogP contribution is -2.42. The van der Waals surface area contributed by atoms with Gasteiger partial charge in [-0.25, -0.2) is 0 Å². The van der Waals surface area contributed by atoms with Gasteiger partial charge in [0.05, 0.1) is 11.8 Å². The van der Waals surface area contributed by atoms with Gasteiger partial charge in [0.1, 0.15) is 0 Å². The monoisotopic (exact) mass is 226 g/mol. The van der Waals surface area contributed by atoms with Crippen LogP contribution < -0.4 is 10.6 Å². The fourth-order valence-electron chi connectivity index (χ4n) is 1.62. The molecule has 0 aliphatic heterocycles. The average Bonchev–Trinajstić information content (AvgIpc) is 2.90. The normalized spacial score (nSPS) is 23.8. The molecule has 0 saturated heterocycles. The van der Waals surface area contributed by atoms with Crippen LogP contribution in [0.15, 0.2) is 0 Å². The molecule has 1 aliphatic carbocycles. The summed E-state index contributed by atoms with van der Waals surface area (Å²) >= 11 is 0. The molecule has 0 bridgehead atoms. The van der Waals surface area contributed by atoms with Crippen LogP contribution in [0.2, 0.25) is 0 Å². The summed E-state index contributed by atoms with van der Waals surface area (Å²) in [6.45, 7) is 8.54. The molecule has 4 heteroatoms. The molecule has 2 atom stereocenters. The van der Waals surface area contributed by atoms with Crippen LogP contribution in [0, 0.1) is 11.8 Å². The Labute approximate surface area is 97.2 Å². The van der Waals surface area contributed by atoms with Crippen LogP contribution in [0.25, 0.3) is 0 Å². The first kappa shape index (κ1) is 13.0. The standard InChI is InChI=1S/C12H22N2O2/c1-5-6-13-10(15)8-7-9(8)11(16)14-12(2,3)4/h8-9H,5-7H2,1-4H3,(H,13,15)(H,14,16). The predicted molar refractivity (Wildman–Crippen MR) is 62.8 cm³/mol. The zero-order chi connectivity index (χ0) is 12.3. The molecule has 16 heavy (non-hydrogen) atoms. The van der Waals surface area contributed by atoms with Crippen LogP contribution in [0.3, 0.4) is 0 Å². The van der Waals surface area contributed by atoms with E-state index in [1.54, 1.807) is 0 Å². The molecule has 1 fully saturated rings. The highest BCUT2D eigenvalue weighted by Crippen LogP contribution is 2.39. The van der Waals surface area contributed by atoms with E-state index in [2.05, 4.69) is 10.6 Å². The van der Waals surface area contributed by atoms with Gasteiger partial charge in [-0.2, -0.15) is 0 Å². The quantitative estimate of drug-likeness (QED) is 0.753. The minimum absolute atomic E-state index is 0.00384. The van der Waals surface area contributed by atoms with Crippen molar-refractivity contribution in [2.75, 3.05) is 6.54 Å². The fraction of sp³-hybridized carbons (Fsp3) is 0.833. The van der Waals surface area contributed by atoms with Gasteiger partial charge in [-0.3, -0.25) is 9.59 Å². The average molecular weight is 226 g/mol. The highest BCUT2D eigenvalue weighted by atomic mass is 16.2. The number of carbonyl (C=O) groups is 2. The number of amides is 2. The van der Waals surface area contributed by atoms with Gasteiger partial charge in [-0.15, -0.1) is 0 Å². The van der Waals surface area contributed by atoms with E-state index in [4.69, 9.17) is 0 Å². The van der Waals surface area contributed by atoms with E-state index >= 15 is 0 Å². The third-order valence-corrected chi connectivity index (χ3v) is 2.51. The topological polar surface area (TPSA) is 58.2 Å². The molecule has 1 aliphatic rings. The van der Waals surface area contributed by atoms with Crippen LogP contribution in [-0.2, 0) is 9.59 Å². The van der Waals surface area contributed by atoms with Gasteiger partial charge < -0.3 is 10.6 Å². The number of hydrogen-bond donors (Lipinski definition) is 2. The third-order valence-electron chi connectivity index (χ3n) is 2.51. The molecular weight excluding hydrogens is 204 g/mol. The van der Waals surface area contributed by atoms with Gasteiger partial charge >= 0.3 is 0 Å². The number of hydrogen-bond acceptors (Lipinski definition) is 2. The maximum Gasteiger partial charge on any atom is 0.224 e. The molecule has 4 nitrogen and oxygen atoms in total. The summed E-state index contributed by atoms with van der Waals surface area (Å²) in [5.41, 5.74) is -0.218. The van der Waals surface area contributed by atoms with E-state index in [0.717, 1.165) is 6.42 Å². The zero-order valence-electron chi connectivity index (χ0n) is 10.6. The lowest BCUT2D eigenvalue weighted by Gasteiger charge is -2.20. The highest BCUT2D eigenvalue weighted by molar-refractivity contribution is 5.92. The Kier molecular flexibility index (Phi) is 3.94. The zero-order valence-corrected chi connectivity index (χ0v) is 10.6. The minimum Gasteiger partial charge on any atom is -0.356 e. The molecule has 1 rings (SSSR count). The van der Waals surface area contributed by atoms with Crippen molar-refractivity contribution in [1.29, 1.82) is 0 Å². The van der Waals surface area contributed by atoms with E-state index in [1.807, 2.05) is 27.7 Å². The summed E-state index contributed by atoms with van der Waals surface area (Å²) in [4.78, 5) is 23.3. The number of nitrogens with one attached hydrogen (secondary N) is 2. The maximum absolute atomic E-state index is 11.7. The number of carbonyl (C=O) groups excluding carboxylic acids is 2. The molecule has 0 aromatic carbocycles. The van der Waals surface area contributed by atoms with Gasteiger partial charge in [-0.1, -0.05) is 6.92 Å². The molecule has 0 radical (unpaired) electrons. The lowest BCUT2D eigenvalue weighted by atomic mass is 10.1. The van der Waals surface area contributed by atoms with Gasteiger partial charge in [0, 0.05) is 12.1 Å². The van der Waals surface area contributed by atoms with Crippen molar-refractivity contribution in [2.45, 2.75) is 46.1 Å². The van der Waals surface area contributed by atoms with Crippen molar-refractivity contribution in [3.63, 3.8) is 0 Å². The summed E-state index contributed by atoms with van der Waals surface area (Å²) in [6, 6.07) is 0. The molecule has 1 saturated carbocycles. The first-order chi connectivity index (χ1) is 7.35. The van der Waals surface area contributed by atoms with Crippen LogP contribution in [-0.4, -0.2) is 23.9 Å². The second-order valence-electron chi connectivity index (χ2n) is 5.48. The van der Waals surface area contributed by atoms with E-state index < -0.39 is 0 Å². The Hall–Kier alpha value is -1.06. The van der Waals surface area contributed by atoms with Gasteiger partial charge in [0.15, 0.2) is 0 Å². The minimum atomic E-state index is -0.218. The first-order valence-corrected chi connectivity index (χ1v) is 5.95. The summed E-state index contributed by atoms with van der Waals surface area (Å²) in [6.07, 6.45) is 1.62. The van der Waals surface area contributed by atoms with Crippen LogP contribution in [0.1, 0.15) is 40.5 Å². The molecule has 92 valence electrons. The second-order valence-corrected chi connectivity index (χ2v) is 5.48. The Morgan fingerprint density at radius 3 is 2.25 bits per heavy atom. The van der Waals surface area contributed by atoms with E-state index in [0.29, 0.717) is 13.0 Å². The largest absolute Gasteiger partial charge is 0.356 e. The van der Waals surface area contributed by atoms with Gasteiger partial charge in [-0.05, 0) is 33.6 Å². The van der Waals surface area contributed by atoms with E-state index in [-0.39, 0.29) is 29.2 Å². The molecule has 0 aromatic heterocycles. The van der Waals surface area contributed by atoms with E-state index in [9.17, 15) is 9.59 Å². The SMILES string of the molecule is CCCNC(=O)C1CC1C(=O)NC(C)(C)C. The summed E-state index contributed by atoms with van der Waals surface area (Å²) in [5.74, 6) is -0.190. The van der Waals surface area contributed by atoms with Gasteiger partial charge in [0.25, 0.3) is 0 Å². The molecule has 0 heterocycles. The highest BCUT2D eigenvalue weighted by Gasteiger charge is 2.48.